The summed E-state index contributed by atoms with van der Waals surface area (Å²) in [5, 5.41) is 0. The summed E-state index contributed by atoms with van der Waals surface area (Å²) in [5.41, 5.74) is 0. The number of nitrogens with zero attached hydrogens (tertiary/aromatic N) is 2. The van der Waals surface area contributed by atoms with Gasteiger partial charge in [-0.1, -0.05) is 71.6 Å². The normalized spacial score (nSPS) is 11.5. The molecule has 0 spiro atoms. The molecule has 0 aliphatic rings. The van der Waals surface area contributed by atoms with Gasteiger partial charge in [0.1, 0.15) is 12.4 Å². The van der Waals surface area contributed by atoms with E-state index in [0.717, 1.165) is 0 Å². The fourth-order valence-corrected chi connectivity index (χ4v) is 3.55. The Morgan fingerprint density at radius 3 is 1.92 bits per heavy atom. The first-order chi connectivity index (χ1) is 11.7. The number of unbranched alkanes of at least 4 members (excludes halogenated alkanes) is 10. The smallest absolute Gasteiger partial charge is 0.234 e. The fourth-order valence-electron chi connectivity index (χ4n) is 3.55. The summed E-state index contributed by atoms with van der Waals surface area (Å²) in [5.74, 6) is 1.55. The molecular formula is C22H43N2+. The van der Waals surface area contributed by atoms with E-state index in [2.05, 4.69) is 49.2 Å². The van der Waals surface area contributed by atoms with Gasteiger partial charge in [-0.05, 0) is 33.1 Å². The predicted molar refractivity (Wildman–Crippen MR) is 105 cm³/mol. The fraction of sp³-hybridized carbons (Fsp3) is 0.864. The van der Waals surface area contributed by atoms with Crippen LogP contribution in [0.5, 0.6) is 0 Å². The van der Waals surface area contributed by atoms with Crippen LogP contribution >= 0.6 is 0 Å². The summed E-state index contributed by atoms with van der Waals surface area (Å²) >= 11 is 0. The highest BCUT2D eigenvalue weighted by molar-refractivity contribution is 4.86. The van der Waals surface area contributed by atoms with E-state index in [1.54, 1.807) is 5.82 Å². The maximum absolute atomic E-state index is 2.53. The molecule has 2 heteroatoms. The molecule has 2 nitrogen and oxygen atoms in total. The molecule has 0 aromatic carbocycles. The van der Waals surface area contributed by atoms with Crippen molar-refractivity contribution in [2.24, 2.45) is 0 Å². The minimum atomic E-state index is 0.575. The number of aromatic nitrogens is 2. The Balaban J connectivity index is 2.40. The Kier molecular flexibility index (Phi) is 12.0. The molecule has 0 bridgehead atoms. The van der Waals surface area contributed by atoms with Crippen molar-refractivity contribution in [3.05, 3.63) is 18.2 Å². The van der Waals surface area contributed by atoms with Crippen LogP contribution in [0.25, 0.3) is 0 Å². The van der Waals surface area contributed by atoms with Gasteiger partial charge in [-0.25, -0.2) is 9.13 Å². The van der Waals surface area contributed by atoms with Gasteiger partial charge in [0.2, 0.25) is 0 Å². The van der Waals surface area contributed by atoms with Crippen molar-refractivity contribution in [1.29, 1.82) is 0 Å². The third-order valence-electron chi connectivity index (χ3n) is 5.10. The highest BCUT2D eigenvalue weighted by Crippen LogP contribution is 2.13. The van der Waals surface area contributed by atoms with E-state index in [1.165, 1.54) is 90.0 Å². The van der Waals surface area contributed by atoms with Gasteiger partial charge in [-0.15, -0.1) is 0 Å². The van der Waals surface area contributed by atoms with E-state index < -0.39 is 0 Å². The molecule has 0 fully saturated rings. The summed E-state index contributed by atoms with van der Waals surface area (Å²) in [6.45, 7) is 10.4. The number of hydrogen-bond donors (Lipinski definition) is 0. The molecule has 0 aliphatic heterocycles. The molecule has 0 saturated carbocycles. The van der Waals surface area contributed by atoms with Crippen molar-refractivity contribution in [3.8, 4) is 0 Å². The highest BCUT2D eigenvalue weighted by atomic mass is 15.2. The van der Waals surface area contributed by atoms with E-state index in [-0.39, 0.29) is 0 Å². The van der Waals surface area contributed by atoms with Crippen molar-refractivity contribution < 1.29 is 4.57 Å². The lowest BCUT2D eigenvalue weighted by Gasteiger charge is -2.08. The molecule has 0 saturated heterocycles. The topological polar surface area (TPSA) is 8.81 Å². The average Bonchev–Trinajstić information content (AvgIpc) is 2.97. The number of rotatable bonds is 15. The second-order valence-corrected chi connectivity index (χ2v) is 7.69. The SMILES string of the molecule is CCCCCCCCc1n(C(C)C)cc[n+]1CCCCCCCC. The molecule has 1 heterocycles. The minimum absolute atomic E-state index is 0.575. The third-order valence-corrected chi connectivity index (χ3v) is 5.10. The van der Waals surface area contributed by atoms with Crippen molar-refractivity contribution in [2.75, 3.05) is 0 Å². The van der Waals surface area contributed by atoms with Crippen molar-refractivity contribution in [3.63, 3.8) is 0 Å². The van der Waals surface area contributed by atoms with Gasteiger partial charge < -0.3 is 0 Å². The molecule has 0 aliphatic carbocycles. The quantitative estimate of drug-likeness (QED) is 0.251. The second kappa shape index (κ2) is 13.5. The van der Waals surface area contributed by atoms with Gasteiger partial charge in [-0.3, -0.25) is 0 Å². The lowest BCUT2D eigenvalue weighted by atomic mass is 10.1. The van der Waals surface area contributed by atoms with Crippen molar-refractivity contribution >= 4 is 0 Å². The van der Waals surface area contributed by atoms with Crippen LogP contribution in [0.2, 0.25) is 0 Å². The van der Waals surface area contributed by atoms with Gasteiger partial charge in [0.05, 0.1) is 12.6 Å². The first-order valence-electron chi connectivity index (χ1n) is 10.8. The Labute approximate surface area is 151 Å². The lowest BCUT2D eigenvalue weighted by Crippen LogP contribution is -2.37. The molecule has 0 amide bonds. The van der Waals surface area contributed by atoms with Crippen LogP contribution < -0.4 is 4.57 Å². The van der Waals surface area contributed by atoms with Gasteiger partial charge in [0.15, 0.2) is 0 Å². The molecule has 0 unspecified atom stereocenters. The Bertz CT molecular complexity index is 406. The summed E-state index contributed by atoms with van der Waals surface area (Å²) in [6, 6.07) is 0.575. The Morgan fingerprint density at radius 2 is 1.33 bits per heavy atom. The number of aryl methyl sites for hydroxylation is 1. The molecule has 24 heavy (non-hydrogen) atoms. The van der Waals surface area contributed by atoms with Gasteiger partial charge >= 0.3 is 0 Å². The van der Waals surface area contributed by atoms with Crippen LogP contribution in [0.3, 0.4) is 0 Å². The van der Waals surface area contributed by atoms with E-state index in [0.29, 0.717) is 6.04 Å². The van der Waals surface area contributed by atoms with Gasteiger partial charge in [0, 0.05) is 6.42 Å². The Morgan fingerprint density at radius 1 is 0.792 bits per heavy atom. The van der Waals surface area contributed by atoms with Crippen LogP contribution in [-0.4, -0.2) is 4.57 Å². The summed E-state index contributed by atoms with van der Waals surface area (Å²) in [6.07, 6.45) is 22.5. The van der Waals surface area contributed by atoms with Gasteiger partial charge in [0.25, 0.3) is 5.82 Å². The van der Waals surface area contributed by atoms with E-state index in [4.69, 9.17) is 0 Å². The zero-order chi connectivity index (χ0) is 17.6. The maximum atomic E-state index is 2.53. The van der Waals surface area contributed by atoms with Crippen LogP contribution in [0, 0.1) is 0 Å². The molecule has 0 radical (unpaired) electrons. The minimum Gasteiger partial charge on any atom is -0.234 e. The highest BCUT2D eigenvalue weighted by Gasteiger charge is 2.18. The van der Waals surface area contributed by atoms with E-state index in [1.807, 2.05) is 0 Å². The number of imidazole rings is 1. The maximum Gasteiger partial charge on any atom is 0.256 e. The molecule has 0 atom stereocenters. The zero-order valence-corrected chi connectivity index (χ0v) is 17.0. The molecule has 140 valence electrons. The van der Waals surface area contributed by atoms with Crippen LogP contribution in [-0.2, 0) is 13.0 Å². The lowest BCUT2D eigenvalue weighted by molar-refractivity contribution is -0.704. The van der Waals surface area contributed by atoms with Gasteiger partial charge in [-0.2, -0.15) is 0 Å². The molecule has 1 aromatic heterocycles. The number of hydrogen-bond acceptors (Lipinski definition) is 0. The first-order valence-corrected chi connectivity index (χ1v) is 10.8. The van der Waals surface area contributed by atoms with Crippen LogP contribution in [0.1, 0.15) is 117 Å². The largest absolute Gasteiger partial charge is 0.256 e. The van der Waals surface area contributed by atoms with Crippen LogP contribution in [0.4, 0.5) is 0 Å². The summed E-state index contributed by atoms with van der Waals surface area (Å²) in [7, 11) is 0. The standard InChI is InChI=1S/C22H43N2/c1-5-7-9-11-13-15-17-22-23(19-20-24(22)21(3)4)18-16-14-12-10-8-6-2/h19-21H,5-18H2,1-4H3/q+1. The molecule has 1 aromatic rings. The monoisotopic (exact) mass is 335 g/mol. The molecule has 0 N–H and O–H groups in total. The summed E-state index contributed by atoms with van der Waals surface area (Å²) in [4.78, 5) is 0. The second-order valence-electron chi connectivity index (χ2n) is 7.69. The first kappa shape index (κ1) is 21.3. The van der Waals surface area contributed by atoms with E-state index >= 15 is 0 Å². The predicted octanol–water partition coefficient (Wildman–Crippen LogP) is 6.62. The average molecular weight is 336 g/mol. The Hall–Kier alpha value is -0.790. The van der Waals surface area contributed by atoms with Crippen LogP contribution in [0.15, 0.2) is 12.4 Å². The molecular weight excluding hydrogens is 292 g/mol. The zero-order valence-electron chi connectivity index (χ0n) is 17.0. The molecule has 1 rings (SSSR count). The van der Waals surface area contributed by atoms with E-state index in [9.17, 15) is 0 Å². The summed E-state index contributed by atoms with van der Waals surface area (Å²) < 4.78 is 5.02. The van der Waals surface area contributed by atoms with Crippen molar-refractivity contribution in [2.45, 2.75) is 124 Å². The van der Waals surface area contributed by atoms with Crippen molar-refractivity contribution in [1.82, 2.24) is 4.57 Å². The third kappa shape index (κ3) is 8.35.